The molecule has 0 N–H and O–H groups in total. The fourth-order valence-corrected chi connectivity index (χ4v) is 3.86. The Morgan fingerprint density at radius 1 is 1.23 bits per heavy atom. The molecule has 3 aliphatic rings. The first-order valence-electron chi connectivity index (χ1n) is 8.67. The SMILES string of the molecule is CC(C(=O)N1CCC2(CCC(=O)N(C3CC3)C2)CC1)N(C)C. The van der Waals surface area contributed by atoms with E-state index in [1.165, 1.54) is 12.8 Å². The Hall–Kier alpha value is -1.10. The summed E-state index contributed by atoms with van der Waals surface area (Å²) in [5.74, 6) is 0.596. The predicted molar refractivity (Wildman–Crippen MR) is 85.4 cm³/mol. The van der Waals surface area contributed by atoms with Crippen molar-refractivity contribution in [2.75, 3.05) is 33.7 Å². The van der Waals surface area contributed by atoms with Gasteiger partial charge in [-0.3, -0.25) is 14.5 Å². The van der Waals surface area contributed by atoms with Crippen molar-refractivity contribution < 1.29 is 9.59 Å². The van der Waals surface area contributed by atoms with Crippen molar-refractivity contribution in [3.63, 3.8) is 0 Å². The van der Waals surface area contributed by atoms with E-state index in [-0.39, 0.29) is 17.4 Å². The third kappa shape index (κ3) is 3.00. The van der Waals surface area contributed by atoms with E-state index in [0.717, 1.165) is 38.9 Å². The number of carbonyl (C=O) groups excluding carboxylic acids is 2. The molecule has 0 aromatic heterocycles. The quantitative estimate of drug-likeness (QED) is 0.790. The van der Waals surface area contributed by atoms with Gasteiger partial charge in [-0.15, -0.1) is 0 Å². The molecule has 2 amide bonds. The summed E-state index contributed by atoms with van der Waals surface area (Å²) in [6, 6.07) is 0.475. The molecule has 0 aromatic carbocycles. The van der Waals surface area contributed by atoms with E-state index in [2.05, 4.69) is 4.90 Å². The standard InChI is InChI=1S/C17H29N3O2/c1-13(18(2)3)16(22)19-10-8-17(9-11-19)7-6-15(21)20(12-17)14-4-5-14/h13-14H,4-12H2,1-3H3. The van der Waals surface area contributed by atoms with Crippen molar-refractivity contribution in [1.82, 2.24) is 14.7 Å². The minimum Gasteiger partial charge on any atom is -0.341 e. The molecule has 0 aromatic rings. The van der Waals surface area contributed by atoms with Gasteiger partial charge in [-0.1, -0.05) is 0 Å². The molecular weight excluding hydrogens is 278 g/mol. The molecule has 3 fully saturated rings. The van der Waals surface area contributed by atoms with Crippen molar-refractivity contribution in [1.29, 1.82) is 0 Å². The van der Waals surface area contributed by atoms with Crippen LogP contribution in [0, 0.1) is 5.41 Å². The van der Waals surface area contributed by atoms with Crippen LogP contribution in [-0.2, 0) is 9.59 Å². The van der Waals surface area contributed by atoms with Crippen LogP contribution in [0.15, 0.2) is 0 Å². The minimum absolute atomic E-state index is 0.0510. The van der Waals surface area contributed by atoms with Crippen LogP contribution in [-0.4, -0.2) is 72.3 Å². The summed E-state index contributed by atoms with van der Waals surface area (Å²) in [5, 5.41) is 0. The maximum Gasteiger partial charge on any atom is 0.239 e. The van der Waals surface area contributed by atoms with Crippen molar-refractivity contribution in [3.8, 4) is 0 Å². The highest BCUT2D eigenvalue weighted by Gasteiger charge is 2.45. The number of amides is 2. The first-order valence-corrected chi connectivity index (χ1v) is 8.67. The molecule has 2 aliphatic heterocycles. The Morgan fingerprint density at radius 3 is 2.41 bits per heavy atom. The molecular formula is C17H29N3O2. The van der Waals surface area contributed by atoms with Gasteiger partial charge in [0.15, 0.2) is 0 Å². The predicted octanol–water partition coefficient (Wildman–Crippen LogP) is 1.33. The van der Waals surface area contributed by atoms with Crippen LogP contribution >= 0.6 is 0 Å². The summed E-state index contributed by atoms with van der Waals surface area (Å²) < 4.78 is 0. The summed E-state index contributed by atoms with van der Waals surface area (Å²) in [5.41, 5.74) is 0.272. The summed E-state index contributed by atoms with van der Waals surface area (Å²) in [4.78, 5) is 30.7. The maximum atomic E-state index is 12.5. The van der Waals surface area contributed by atoms with Gasteiger partial charge in [-0.2, -0.15) is 0 Å². The van der Waals surface area contributed by atoms with E-state index in [9.17, 15) is 9.59 Å². The van der Waals surface area contributed by atoms with E-state index in [4.69, 9.17) is 0 Å². The lowest BCUT2D eigenvalue weighted by molar-refractivity contribution is -0.144. The monoisotopic (exact) mass is 307 g/mol. The lowest BCUT2D eigenvalue weighted by Crippen LogP contribution is -2.54. The molecule has 2 saturated heterocycles. The largest absolute Gasteiger partial charge is 0.341 e. The maximum absolute atomic E-state index is 12.5. The van der Waals surface area contributed by atoms with Crippen molar-refractivity contribution in [3.05, 3.63) is 0 Å². The number of piperidine rings is 2. The highest BCUT2D eigenvalue weighted by Crippen LogP contribution is 2.43. The number of likely N-dealkylation sites (tertiary alicyclic amines) is 2. The first kappa shape index (κ1) is 15.8. The van der Waals surface area contributed by atoms with Crippen LogP contribution in [0.1, 0.15) is 45.4 Å². The van der Waals surface area contributed by atoms with Crippen molar-refractivity contribution >= 4 is 11.8 Å². The summed E-state index contributed by atoms with van der Waals surface area (Å²) in [7, 11) is 3.91. The molecule has 1 saturated carbocycles. The van der Waals surface area contributed by atoms with E-state index >= 15 is 0 Å². The second-order valence-electron chi connectivity index (χ2n) is 7.72. The Bertz CT molecular complexity index is 451. The zero-order valence-electron chi connectivity index (χ0n) is 14.2. The molecule has 124 valence electrons. The number of likely N-dealkylation sites (N-methyl/N-ethyl adjacent to an activating group) is 1. The van der Waals surface area contributed by atoms with Gasteiger partial charge in [-0.25, -0.2) is 0 Å². The van der Waals surface area contributed by atoms with Crippen LogP contribution < -0.4 is 0 Å². The number of carbonyl (C=O) groups is 2. The lowest BCUT2D eigenvalue weighted by atomic mass is 9.72. The van der Waals surface area contributed by atoms with Gasteiger partial charge < -0.3 is 9.80 Å². The second kappa shape index (κ2) is 5.84. The molecule has 5 nitrogen and oxygen atoms in total. The number of hydrogen-bond acceptors (Lipinski definition) is 3. The molecule has 3 rings (SSSR count). The molecule has 0 bridgehead atoms. The molecule has 1 atom stereocenters. The smallest absolute Gasteiger partial charge is 0.239 e. The van der Waals surface area contributed by atoms with Gasteiger partial charge in [0.1, 0.15) is 0 Å². The van der Waals surface area contributed by atoms with E-state index in [1.807, 2.05) is 30.8 Å². The van der Waals surface area contributed by atoms with Gasteiger partial charge in [0.25, 0.3) is 0 Å². The molecule has 1 aliphatic carbocycles. The molecule has 0 radical (unpaired) electrons. The minimum atomic E-state index is -0.0510. The highest BCUT2D eigenvalue weighted by molar-refractivity contribution is 5.81. The van der Waals surface area contributed by atoms with Crippen LogP contribution in [0.25, 0.3) is 0 Å². The lowest BCUT2D eigenvalue weighted by Gasteiger charge is -2.48. The molecule has 2 heterocycles. The van der Waals surface area contributed by atoms with E-state index in [1.54, 1.807) is 0 Å². The molecule has 1 spiro atoms. The summed E-state index contributed by atoms with van der Waals surface area (Å²) in [6.45, 7) is 4.61. The van der Waals surface area contributed by atoms with Gasteiger partial charge in [0.05, 0.1) is 6.04 Å². The number of nitrogens with zero attached hydrogens (tertiary/aromatic N) is 3. The van der Waals surface area contributed by atoms with Gasteiger partial charge >= 0.3 is 0 Å². The normalized spacial score (nSPS) is 26.6. The first-order chi connectivity index (χ1) is 10.4. The van der Waals surface area contributed by atoms with Crippen LogP contribution in [0.4, 0.5) is 0 Å². The van der Waals surface area contributed by atoms with Gasteiger partial charge in [0, 0.05) is 32.1 Å². The Labute approximate surface area is 133 Å². The van der Waals surface area contributed by atoms with Crippen LogP contribution in [0.3, 0.4) is 0 Å². The zero-order valence-corrected chi connectivity index (χ0v) is 14.2. The fourth-order valence-electron chi connectivity index (χ4n) is 3.86. The highest BCUT2D eigenvalue weighted by atomic mass is 16.2. The van der Waals surface area contributed by atoms with Crippen molar-refractivity contribution in [2.24, 2.45) is 5.41 Å². The van der Waals surface area contributed by atoms with Gasteiger partial charge in [-0.05, 0) is 58.5 Å². The Balaban J connectivity index is 1.59. The van der Waals surface area contributed by atoms with E-state index < -0.39 is 0 Å². The molecule has 1 unspecified atom stereocenters. The average molecular weight is 307 g/mol. The van der Waals surface area contributed by atoms with Gasteiger partial charge in [0.2, 0.25) is 11.8 Å². The summed E-state index contributed by atoms with van der Waals surface area (Å²) in [6.07, 6.45) is 6.20. The summed E-state index contributed by atoms with van der Waals surface area (Å²) >= 11 is 0. The third-order valence-corrected chi connectivity index (χ3v) is 5.95. The fraction of sp³-hybridized carbons (Fsp3) is 0.882. The van der Waals surface area contributed by atoms with E-state index in [0.29, 0.717) is 18.4 Å². The van der Waals surface area contributed by atoms with Crippen LogP contribution in [0.2, 0.25) is 0 Å². The third-order valence-electron chi connectivity index (χ3n) is 5.95. The Kier molecular flexibility index (Phi) is 4.19. The van der Waals surface area contributed by atoms with Crippen LogP contribution in [0.5, 0.6) is 0 Å². The number of hydrogen-bond donors (Lipinski definition) is 0. The zero-order chi connectivity index (χ0) is 15.9. The topological polar surface area (TPSA) is 43.9 Å². The average Bonchev–Trinajstić information content (AvgIpc) is 3.34. The molecule has 5 heteroatoms. The molecule has 22 heavy (non-hydrogen) atoms. The second-order valence-corrected chi connectivity index (χ2v) is 7.72. The van der Waals surface area contributed by atoms with Crippen molar-refractivity contribution in [2.45, 2.75) is 57.5 Å². The Morgan fingerprint density at radius 2 is 1.86 bits per heavy atom. The number of rotatable bonds is 3.